The van der Waals surface area contributed by atoms with Crippen molar-refractivity contribution in [1.29, 1.82) is 0 Å². The summed E-state index contributed by atoms with van der Waals surface area (Å²) in [6.07, 6.45) is 1.56. The lowest BCUT2D eigenvalue weighted by Gasteiger charge is -2.08. The standard InChI is InChI=1S/C17H15N5O5/c1-9-4-5-18-17-20-13(21-22(9)17)14(23)19-12-7-10(15(24)26-2)6-11(8-12)16(25)27-3/h4-8H,1-3H3,(H,19,23). The summed E-state index contributed by atoms with van der Waals surface area (Å²) in [4.78, 5) is 44.2. The third-order valence-electron chi connectivity index (χ3n) is 3.67. The van der Waals surface area contributed by atoms with Crippen molar-refractivity contribution in [3.8, 4) is 0 Å². The first-order valence-corrected chi connectivity index (χ1v) is 7.74. The van der Waals surface area contributed by atoms with Crippen LogP contribution in [0.3, 0.4) is 0 Å². The van der Waals surface area contributed by atoms with Crippen molar-refractivity contribution < 1.29 is 23.9 Å². The number of esters is 2. The second-order valence-corrected chi connectivity index (χ2v) is 5.47. The Bertz CT molecular complexity index is 1020. The molecule has 1 N–H and O–H groups in total. The molecule has 0 saturated carbocycles. The Morgan fingerprint density at radius 3 is 2.22 bits per heavy atom. The molecule has 0 fully saturated rings. The number of anilines is 1. The maximum absolute atomic E-state index is 12.5. The van der Waals surface area contributed by atoms with E-state index in [9.17, 15) is 14.4 Å². The van der Waals surface area contributed by atoms with Crippen molar-refractivity contribution in [3.63, 3.8) is 0 Å². The highest BCUT2D eigenvalue weighted by atomic mass is 16.5. The van der Waals surface area contributed by atoms with Gasteiger partial charge in [0.25, 0.3) is 11.7 Å². The molecular formula is C17H15N5O5. The number of hydrogen-bond acceptors (Lipinski definition) is 8. The van der Waals surface area contributed by atoms with Crippen LogP contribution in [0.25, 0.3) is 5.78 Å². The normalized spacial score (nSPS) is 10.5. The SMILES string of the molecule is COC(=O)c1cc(NC(=O)c2nc3nccc(C)n3n2)cc(C(=O)OC)c1. The van der Waals surface area contributed by atoms with Gasteiger partial charge in [-0.2, -0.15) is 4.98 Å². The van der Waals surface area contributed by atoms with Gasteiger partial charge >= 0.3 is 11.9 Å². The molecule has 2 aromatic heterocycles. The molecule has 0 saturated heterocycles. The Morgan fingerprint density at radius 1 is 1.04 bits per heavy atom. The predicted molar refractivity (Wildman–Crippen MR) is 92.6 cm³/mol. The second kappa shape index (κ2) is 7.20. The third kappa shape index (κ3) is 3.59. The van der Waals surface area contributed by atoms with Crippen LogP contribution in [0, 0.1) is 6.92 Å². The van der Waals surface area contributed by atoms with E-state index < -0.39 is 17.8 Å². The highest BCUT2D eigenvalue weighted by Gasteiger charge is 2.18. The number of nitrogens with one attached hydrogen (secondary N) is 1. The second-order valence-electron chi connectivity index (χ2n) is 5.47. The van der Waals surface area contributed by atoms with Gasteiger partial charge in [-0.25, -0.2) is 19.1 Å². The summed E-state index contributed by atoms with van der Waals surface area (Å²) in [7, 11) is 2.42. The first-order chi connectivity index (χ1) is 12.9. The van der Waals surface area contributed by atoms with Crippen LogP contribution in [0.15, 0.2) is 30.5 Å². The van der Waals surface area contributed by atoms with Gasteiger partial charge in [-0.3, -0.25) is 4.79 Å². The lowest BCUT2D eigenvalue weighted by molar-refractivity contribution is 0.0599. The van der Waals surface area contributed by atoms with E-state index in [1.165, 1.54) is 36.9 Å². The van der Waals surface area contributed by atoms with E-state index in [4.69, 9.17) is 0 Å². The molecule has 0 atom stereocenters. The molecule has 138 valence electrons. The average Bonchev–Trinajstić information content (AvgIpc) is 3.12. The van der Waals surface area contributed by atoms with E-state index >= 15 is 0 Å². The van der Waals surface area contributed by atoms with Crippen molar-refractivity contribution in [1.82, 2.24) is 19.6 Å². The zero-order chi connectivity index (χ0) is 19.6. The van der Waals surface area contributed by atoms with Gasteiger partial charge in [0.15, 0.2) is 0 Å². The smallest absolute Gasteiger partial charge is 0.337 e. The van der Waals surface area contributed by atoms with E-state index in [0.29, 0.717) is 0 Å². The van der Waals surface area contributed by atoms with Crippen LogP contribution in [0.2, 0.25) is 0 Å². The summed E-state index contributed by atoms with van der Waals surface area (Å²) in [6.45, 7) is 1.80. The van der Waals surface area contributed by atoms with Crippen molar-refractivity contribution in [2.24, 2.45) is 0 Å². The molecule has 2 heterocycles. The van der Waals surface area contributed by atoms with E-state index in [0.717, 1.165) is 5.69 Å². The minimum Gasteiger partial charge on any atom is -0.465 e. The molecule has 0 aliphatic rings. The van der Waals surface area contributed by atoms with E-state index in [1.54, 1.807) is 19.2 Å². The quantitative estimate of drug-likeness (QED) is 0.682. The molecule has 1 aromatic carbocycles. The molecule has 10 nitrogen and oxygen atoms in total. The number of rotatable bonds is 4. The van der Waals surface area contributed by atoms with Crippen molar-refractivity contribution in [2.75, 3.05) is 19.5 Å². The molecule has 0 unspecified atom stereocenters. The van der Waals surface area contributed by atoms with Gasteiger partial charge in [-0.05, 0) is 31.2 Å². The number of aromatic nitrogens is 4. The molecule has 0 bridgehead atoms. The maximum atomic E-state index is 12.5. The fourth-order valence-corrected chi connectivity index (χ4v) is 2.36. The highest BCUT2D eigenvalue weighted by molar-refractivity contribution is 6.04. The van der Waals surface area contributed by atoms with E-state index in [-0.39, 0.29) is 28.4 Å². The number of ether oxygens (including phenoxy) is 2. The number of hydrogen-bond donors (Lipinski definition) is 1. The summed E-state index contributed by atoms with van der Waals surface area (Å²) in [6, 6.07) is 5.78. The lowest BCUT2D eigenvalue weighted by Crippen LogP contribution is -2.16. The number of aryl methyl sites for hydroxylation is 1. The van der Waals surface area contributed by atoms with Gasteiger partial charge in [-0.1, -0.05) is 0 Å². The third-order valence-corrected chi connectivity index (χ3v) is 3.67. The van der Waals surface area contributed by atoms with Gasteiger partial charge in [0.2, 0.25) is 5.82 Å². The maximum Gasteiger partial charge on any atom is 0.337 e. The topological polar surface area (TPSA) is 125 Å². The van der Waals surface area contributed by atoms with Gasteiger partial charge < -0.3 is 14.8 Å². The Hall–Kier alpha value is -3.82. The minimum absolute atomic E-state index is 0.0798. The Kier molecular flexibility index (Phi) is 4.79. The lowest BCUT2D eigenvalue weighted by atomic mass is 10.1. The Labute approximate surface area is 153 Å². The van der Waals surface area contributed by atoms with Crippen LogP contribution in [0.4, 0.5) is 5.69 Å². The number of nitrogens with zero attached hydrogens (tertiary/aromatic N) is 4. The van der Waals surface area contributed by atoms with Crippen LogP contribution in [-0.2, 0) is 9.47 Å². The largest absolute Gasteiger partial charge is 0.465 e. The molecular weight excluding hydrogens is 354 g/mol. The number of methoxy groups -OCH3 is 2. The molecule has 27 heavy (non-hydrogen) atoms. The average molecular weight is 369 g/mol. The Balaban J connectivity index is 1.95. The van der Waals surface area contributed by atoms with Crippen LogP contribution in [-0.4, -0.2) is 51.6 Å². The van der Waals surface area contributed by atoms with E-state index in [1.807, 2.05) is 0 Å². The molecule has 3 rings (SSSR count). The number of carbonyl (C=O) groups is 3. The summed E-state index contributed by atoms with van der Waals surface area (Å²) in [5, 5.41) is 6.66. The van der Waals surface area contributed by atoms with Crippen molar-refractivity contribution >= 4 is 29.3 Å². The fraction of sp³-hybridized carbons (Fsp3) is 0.176. The number of amides is 1. The summed E-state index contributed by atoms with van der Waals surface area (Å²) < 4.78 is 10.8. The molecule has 0 aliphatic carbocycles. The van der Waals surface area contributed by atoms with Crippen molar-refractivity contribution in [2.45, 2.75) is 6.92 Å². The first-order valence-electron chi connectivity index (χ1n) is 7.74. The summed E-state index contributed by atoms with van der Waals surface area (Å²) >= 11 is 0. The molecule has 0 radical (unpaired) electrons. The molecule has 1 amide bonds. The van der Waals surface area contributed by atoms with Gasteiger partial charge in [-0.15, -0.1) is 5.10 Å². The monoisotopic (exact) mass is 369 g/mol. The number of benzene rings is 1. The first kappa shape index (κ1) is 18.0. The zero-order valence-corrected chi connectivity index (χ0v) is 14.7. The molecule has 10 heteroatoms. The van der Waals surface area contributed by atoms with Crippen LogP contribution >= 0.6 is 0 Å². The van der Waals surface area contributed by atoms with E-state index in [2.05, 4.69) is 29.9 Å². The minimum atomic E-state index is -0.665. The number of carbonyl (C=O) groups excluding carboxylic acids is 3. The predicted octanol–water partition coefficient (Wildman–Crippen LogP) is 1.26. The van der Waals surface area contributed by atoms with Gasteiger partial charge in [0, 0.05) is 17.6 Å². The number of fused-ring (bicyclic) bond motifs is 1. The summed E-state index contributed by atoms with van der Waals surface area (Å²) in [5.74, 6) is -1.79. The van der Waals surface area contributed by atoms with Gasteiger partial charge in [0.05, 0.1) is 25.3 Å². The van der Waals surface area contributed by atoms with Crippen LogP contribution in [0.5, 0.6) is 0 Å². The molecule has 0 aliphatic heterocycles. The van der Waals surface area contributed by atoms with Crippen molar-refractivity contribution in [3.05, 3.63) is 53.1 Å². The zero-order valence-electron chi connectivity index (χ0n) is 14.7. The fourth-order valence-electron chi connectivity index (χ4n) is 2.36. The summed E-state index contributed by atoms with van der Waals surface area (Å²) in [5.41, 5.74) is 1.10. The van der Waals surface area contributed by atoms with Crippen LogP contribution in [0.1, 0.15) is 37.0 Å². The molecule has 0 spiro atoms. The Morgan fingerprint density at radius 2 is 1.67 bits per heavy atom. The van der Waals surface area contributed by atoms with Gasteiger partial charge in [0.1, 0.15) is 0 Å². The van der Waals surface area contributed by atoms with Crippen LogP contribution < -0.4 is 5.32 Å². The highest BCUT2D eigenvalue weighted by Crippen LogP contribution is 2.18. The molecule has 3 aromatic rings.